The van der Waals surface area contributed by atoms with Gasteiger partial charge in [0, 0.05) is 0 Å². The molecule has 3 nitrogen and oxygen atoms in total. The molecule has 0 radical (unpaired) electrons. The van der Waals surface area contributed by atoms with E-state index in [2.05, 4.69) is 18.2 Å². The van der Waals surface area contributed by atoms with Crippen molar-refractivity contribution in [1.29, 1.82) is 5.26 Å². The van der Waals surface area contributed by atoms with E-state index in [4.69, 9.17) is 15.7 Å². The Hall–Kier alpha value is -1.53. The highest BCUT2D eigenvalue weighted by molar-refractivity contribution is 5.27. The molecule has 1 rings (SSSR count). The van der Waals surface area contributed by atoms with Crippen LogP contribution in [0.1, 0.15) is 38.7 Å². The van der Waals surface area contributed by atoms with Gasteiger partial charge in [0.25, 0.3) is 0 Å². The van der Waals surface area contributed by atoms with E-state index in [1.165, 1.54) is 5.56 Å². The number of nitriles is 1. The van der Waals surface area contributed by atoms with Gasteiger partial charge in [-0.05, 0) is 63.8 Å². The van der Waals surface area contributed by atoms with Gasteiger partial charge in [-0.25, -0.2) is 0 Å². The Morgan fingerprint density at radius 2 is 1.89 bits per heavy atom. The molecule has 0 saturated carbocycles. The zero-order valence-electron chi connectivity index (χ0n) is 12.0. The number of nitrogens with two attached hydrogens (primary N) is 1. The minimum absolute atomic E-state index is 0.218. The van der Waals surface area contributed by atoms with E-state index in [0.29, 0.717) is 13.2 Å². The van der Waals surface area contributed by atoms with Crippen molar-refractivity contribution in [3.05, 3.63) is 29.8 Å². The molecule has 0 unspecified atom stereocenters. The first kappa shape index (κ1) is 15.5. The topological polar surface area (TPSA) is 59.0 Å². The first-order valence-electron chi connectivity index (χ1n) is 6.90. The molecule has 0 aliphatic heterocycles. The highest BCUT2D eigenvalue weighted by Gasteiger charge is 2.15. The Kier molecular flexibility index (Phi) is 6.38. The zero-order chi connectivity index (χ0) is 14.1. The van der Waals surface area contributed by atoms with Crippen molar-refractivity contribution in [2.24, 2.45) is 11.1 Å². The summed E-state index contributed by atoms with van der Waals surface area (Å²) in [7, 11) is 0. The van der Waals surface area contributed by atoms with Crippen LogP contribution >= 0.6 is 0 Å². The van der Waals surface area contributed by atoms with E-state index >= 15 is 0 Å². The number of hydrogen-bond donors (Lipinski definition) is 1. The number of unbranched alkanes of at least 4 members (excludes halogenated alkanes) is 1. The van der Waals surface area contributed by atoms with E-state index in [1.54, 1.807) is 0 Å². The van der Waals surface area contributed by atoms with Crippen molar-refractivity contribution < 1.29 is 4.74 Å². The Morgan fingerprint density at radius 1 is 1.21 bits per heavy atom. The van der Waals surface area contributed by atoms with E-state index in [9.17, 15) is 0 Å². The molecule has 2 N–H and O–H groups in total. The van der Waals surface area contributed by atoms with Crippen molar-refractivity contribution in [2.75, 3.05) is 13.2 Å². The predicted molar refractivity (Wildman–Crippen MR) is 77.9 cm³/mol. The van der Waals surface area contributed by atoms with Crippen LogP contribution in [-0.4, -0.2) is 13.2 Å². The third-order valence-corrected chi connectivity index (χ3v) is 3.12. The lowest BCUT2D eigenvalue weighted by Gasteiger charge is -2.14. The first-order valence-corrected chi connectivity index (χ1v) is 6.90. The molecule has 1 aromatic carbocycles. The summed E-state index contributed by atoms with van der Waals surface area (Å²) in [4.78, 5) is 0. The SMILES string of the molecule is CC(C)(C#N)CCCCOc1ccc(CCN)cc1. The molecular formula is C16H24N2O. The Morgan fingerprint density at radius 3 is 2.47 bits per heavy atom. The molecule has 0 spiro atoms. The lowest BCUT2D eigenvalue weighted by molar-refractivity contribution is 0.295. The van der Waals surface area contributed by atoms with Gasteiger partial charge < -0.3 is 10.5 Å². The predicted octanol–water partition coefficient (Wildman–Crippen LogP) is 3.29. The maximum atomic E-state index is 8.91. The lowest BCUT2D eigenvalue weighted by atomic mass is 9.89. The fourth-order valence-electron chi connectivity index (χ4n) is 1.83. The summed E-state index contributed by atoms with van der Waals surface area (Å²) in [6, 6.07) is 10.4. The average molecular weight is 260 g/mol. The van der Waals surface area contributed by atoms with Crippen LogP contribution in [0.25, 0.3) is 0 Å². The number of ether oxygens (including phenoxy) is 1. The van der Waals surface area contributed by atoms with Gasteiger partial charge in [0.05, 0.1) is 18.1 Å². The second-order valence-electron chi connectivity index (χ2n) is 5.48. The van der Waals surface area contributed by atoms with Gasteiger partial charge in [0.15, 0.2) is 0 Å². The Balaban J connectivity index is 2.21. The molecule has 19 heavy (non-hydrogen) atoms. The largest absolute Gasteiger partial charge is 0.494 e. The van der Waals surface area contributed by atoms with E-state index < -0.39 is 0 Å². The number of nitrogens with zero attached hydrogens (tertiary/aromatic N) is 1. The van der Waals surface area contributed by atoms with Gasteiger partial charge >= 0.3 is 0 Å². The van der Waals surface area contributed by atoms with Crippen molar-refractivity contribution in [3.63, 3.8) is 0 Å². The van der Waals surface area contributed by atoms with Gasteiger partial charge in [-0.3, -0.25) is 0 Å². The normalized spacial score (nSPS) is 11.1. The fraction of sp³-hybridized carbons (Fsp3) is 0.562. The van der Waals surface area contributed by atoms with Crippen LogP contribution in [0, 0.1) is 16.7 Å². The highest BCUT2D eigenvalue weighted by Crippen LogP contribution is 2.21. The second kappa shape index (κ2) is 7.81. The van der Waals surface area contributed by atoms with Crippen molar-refractivity contribution in [2.45, 2.75) is 39.5 Å². The molecule has 104 valence electrons. The van der Waals surface area contributed by atoms with Gasteiger partial charge in [0.1, 0.15) is 5.75 Å². The fourth-order valence-corrected chi connectivity index (χ4v) is 1.83. The molecule has 0 aromatic heterocycles. The lowest BCUT2D eigenvalue weighted by Crippen LogP contribution is -2.08. The number of rotatable bonds is 8. The third kappa shape index (κ3) is 6.26. The molecule has 0 amide bonds. The summed E-state index contributed by atoms with van der Waals surface area (Å²) in [6.07, 6.45) is 3.83. The first-order chi connectivity index (χ1) is 9.07. The standard InChI is InChI=1S/C16H24N2O/c1-16(2,13-18)10-3-4-12-19-15-7-5-14(6-8-15)9-11-17/h5-8H,3-4,9-12,17H2,1-2H3. The van der Waals surface area contributed by atoms with E-state index in [-0.39, 0.29) is 5.41 Å². The molecule has 0 aliphatic carbocycles. The Labute approximate surface area is 116 Å². The minimum Gasteiger partial charge on any atom is -0.494 e. The summed E-state index contributed by atoms with van der Waals surface area (Å²) in [5, 5.41) is 8.91. The van der Waals surface area contributed by atoms with Gasteiger partial charge in [-0.2, -0.15) is 5.26 Å². The van der Waals surface area contributed by atoms with Crippen LogP contribution in [-0.2, 0) is 6.42 Å². The molecule has 0 heterocycles. The quantitative estimate of drug-likeness (QED) is 0.730. The summed E-state index contributed by atoms with van der Waals surface area (Å²) < 4.78 is 5.67. The van der Waals surface area contributed by atoms with Gasteiger partial charge in [-0.15, -0.1) is 0 Å². The zero-order valence-corrected chi connectivity index (χ0v) is 12.0. The summed E-state index contributed by atoms with van der Waals surface area (Å²) in [5.74, 6) is 0.903. The van der Waals surface area contributed by atoms with Crippen molar-refractivity contribution in [1.82, 2.24) is 0 Å². The molecule has 3 heteroatoms. The number of hydrogen-bond acceptors (Lipinski definition) is 3. The van der Waals surface area contributed by atoms with E-state index in [1.807, 2.05) is 26.0 Å². The molecule has 0 aliphatic rings. The second-order valence-corrected chi connectivity index (χ2v) is 5.48. The molecule has 1 aromatic rings. The smallest absolute Gasteiger partial charge is 0.119 e. The average Bonchev–Trinajstić information content (AvgIpc) is 2.40. The van der Waals surface area contributed by atoms with E-state index in [0.717, 1.165) is 31.4 Å². The van der Waals surface area contributed by atoms with Crippen LogP contribution < -0.4 is 10.5 Å². The summed E-state index contributed by atoms with van der Waals surface area (Å²) in [5.41, 5.74) is 6.53. The Bertz CT molecular complexity index is 404. The van der Waals surface area contributed by atoms with Gasteiger partial charge in [-0.1, -0.05) is 12.1 Å². The van der Waals surface area contributed by atoms with Crippen LogP contribution in [0.4, 0.5) is 0 Å². The summed E-state index contributed by atoms with van der Waals surface area (Å²) >= 11 is 0. The highest BCUT2D eigenvalue weighted by atomic mass is 16.5. The molecule has 0 atom stereocenters. The third-order valence-electron chi connectivity index (χ3n) is 3.12. The van der Waals surface area contributed by atoms with Crippen LogP contribution in [0.3, 0.4) is 0 Å². The van der Waals surface area contributed by atoms with Crippen LogP contribution in [0.15, 0.2) is 24.3 Å². The maximum absolute atomic E-state index is 8.91. The molecule has 0 fully saturated rings. The van der Waals surface area contributed by atoms with Crippen molar-refractivity contribution in [3.8, 4) is 11.8 Å². The summed E-state index contributed by atoms with van der Waals surface area (Å²) in [6.45, 7) is 5.33. The van der Waals surface area contributed by atoms with Crippen molar-refractivity contribution >= 4 is 0 Å². The monoisotopic (exact) mass is 260 g/mol. The number of benzene rings is 1. The molecule has 0 bridgehead atoms. The maximum Gasteiger partial charge on any atom is 0.119 e. The van der Waals surface area contributed by atoms with Crippen LogP contribution in [0.2, 0.25) is 0 Å². The molecular weight excluding hydrogens is 236 g/mol. The van der Waals surface area contributed by atoms with Crippen LogP contribution in [0.5, 0.6) is 5.75 Å². The minimum atomic E-state index is -0.218. The van der Waals surface area contributed by atoms with Gasteiger partial charge in [0.2, 0.25) is 0 Å². The molecule has 0 saturated heterocycles.